The van der Waals surface area contributed by atoms with Crippen LogP contribution in [0.15, 0.2) is 72.9 Å². The van der Waals surface area contributed by atoms with Gasteiger partial charge in [0.05, 0.1) is 5.69 Å². The van der Waals surface area contributed by atoms with Crippen molar-refractivity contribution in [3.63, 3.8) is 0 Å². The van der Waals surface area contributed by atoms with Crippen LogP contribution < -0.4 is 10.2 Å². The molecule has 5 rings (SSSR count). The van der Waals surface area contributed by atoms with Crippen LogP contribution in [0.3, 0.4) is 0 Å². The average molecular weight is 524 g/mol. The molecular formula is C30H33N7O2. The van der Waals surface area contributed by atoms with Crippen LogP contribution in [-0.4, -0.2) is 43.0 Å². The van der Waals surface area contributed by atoms with Crippen molar-refractivity contribution in [3.05, 3.63) is 89.7 Å². The average Bonchev–Trinajstić information content (AvgIpc) is 3.43. The predicted molar refractivity (Wildman–Crippen MR) is 149 cm³/mol. The highest BCUT2D eigenvalue weighted by atomic mass is 16.2. The van der Waals surface area contributed by atoms with Crippen molar-refractivity contribution in [2.45, 2.75) is 64.6 Å². The molecule has 0 spiro atoms. The first-order chi connectivity index (χ1) is 19.0. The highest BCUT2D eigenvalue weighted by Crippen LogP contribution is 2.30. The molecule has 0 bridgehead atoms. The molecule has 1 fully saturated rings. The topological polar surface area (TPSA) is 106 Å². The maximum atomic E-state index is 14.1. The van der Waals surface area contributed by atoms with E-state index in [4.69, 9.17) is 0 Å². The molecule has 1 N–H and O–H groups in total. The van der Waals surface area contributed by atoms with Crippen molar-refractivity contribution in [3.8, 4) is 11.4 Å². The van der Waals surface area contributed by atoms with Crippen molar-refractivity contribution in [1.29, 1.82) is 0 Å². The molecule has 39 heavy (non-hydrogen) atoms. The summed E-state index contributed by atoms with van der Waals surface area (Å²) in [7, 11) is 0. The van der Waals surface area contributed by atoms with Crippen molar-refractivity contribution < 1.29 is 9.59 Å². The van der Waals surface area contributed by atoms with Gasteiger partial charge in [-0.1, -0.05) is 61.7 Å². The summed E-state index contributed by atoms with van der Waals surface area (Å²) >= 11 is 0. The maximum absolute atomic E-state index is 14.1. The third-order valence-electron chi connectivity index (χ3n) is 7.22. The van der Waals surface area contributed by atoms with E-state index < -0.39 is 6.04 Å². The molecule has 1 atom stereocenters. The fourth-order valence-electron chi connectivity index (χ4n) is 4.97. The minimum atomic E-state index is -0.958. The zero-order valence-electron chi connectivity index (χ0n) is 22.3. The predicted octanol–water partition coefficient (Wildman–Crippen LogP) is 4.58. The molecule has 9 nitrogen and oxygen atoms in total. The Hall–Kier alpha value is -4.40. The number of aromatic nitrogens is 5. The van der Waals surface area contributed by atoms with Gasteiger partial charge in [0.1, 0.15) is 6.54 Å². The number of benzene rings is 2. The number of hydrogen-bond donors (Lipinski definition) is 1. The quantitative estimate of drug-likeness (QED) is 0.363. The van der Waals surface area contributed by atoms with E-state index in [1.54, 1.807) is 18.3 Å². The van der Waals surface area contributed by atoms with Crippen molar-refractivity contribution >= 4 is 17.5 Å². The third-order valence-corrected chi connectivity index (χ3v) is 7.22. The number of hydrogen-bond acceptors (Lipinski definition) is 6. The Labute approximate surface area is 228 Å². The number of nitrogens with zero attached hydrogens (tertiary/aromatic N) is 6. The molecule has 2 amide bonds. The lowest BCUT2D eigenvalue weighted by atomic mass is 9.95. The van der Waals surface area contributed by atoms with Gasteiger partial charge in [0.2, 0.25) is 11.7 Å². The lowest BCUT2D eigenvalue weighted by Gasteiger charge is -2.33. The number of carbonyl (C=O) groups excluding carboxylic acids is 2. The zero-order chi connectivity index (χ0) is 27.2. The number of carbonyl (C=O) groups is 2. The molecule has 1 aliphatic carbocycles. The third kappa shape index (κ3) is 6.19. The molecule has 0 aliphatic heterocycles. The van der Waals surface area contributed by atoms with Crippen LogP contribution in [-0.2, 0) is 16.1 Å². The summed E-state index contributed by atoms with van der Waals surface area (Å²) in [5.74, 6) is -0.161. The van der Waals surface area contributed by atoms with Crippen molar-refractivity contribution in [2.24, 2.45) is 0 Å². The summed E-state index contributed by atoms with van der Waals surface area (Å²) in [5, 5.41) is 15.9. The molecule has 9 heteroatoms. The number of aryl methyl sites for hydroxylation is 2. The molecule has 1 aliphatic rings. The van der Waals surface area contributed by atoms with Crippen LogP contribution in [0.5, 0.6) is 0 Å². The Morgan fingerprint density at radius 3 is 2.46 bits per heavy atom. The first-order valence-electron chi connectivity index (χ1n) is 13.4. The van der Waals surface area contributed by atoms with Gasteiger partial charge in [-0.05, 0) is 67.3 Å². The fourth-order valence-corrected chi connectivity index (χ4v) is 4.97. The maximum Gasteiger partial charge on any atom is 0.251 e. The monoisotopic (exact) mass is 523 g/mol. The van der Waals surface area contributed by atoms with E-state index in [1.807, 2.05) is 68.4 Å². The second kappa shape index (κ2) is 12.0. The molecule has 2 aromatic heterocycles. The van der Waals surface area contributed by atoms with E-state index in [1.165, 1.54) is 16.1 Å². The molecule has 0 unspecified atom stereocenters. The normalized spacial score (nSPS) is 14.5. The zero-order valence-corrected chi connectivity index (χ0v) is 22.3. The molecule has 1 saturated carbocycles. The van der Waals surface area contributed by atoms with Crippen LogP contribution in [0.1, 0.15) is 55.0 Å². The summed E-state index contributed by atoms with van der Waals surface area (Å²) in [6, 6.07) is 19.8. The van der Waals surface area contributed by atoms with Gasteiger partial charge in [0, 0.05) is 23.5 Å². The molecule has 0 radical (unpaired) electrons. The summed E-state index contributed by atoms with van der Waals surface area (Å²) in [5.41, 5.74) is 4.02. The lowest BCUT2D eigenvalue weighted by molar-refractivity contribution is -0.127. The SMILES string of the molecule is Cc1ccc(N(C(=O)Cn2nnc(-c3ccccc3)n2)[C@@H](C(=O)NC2CCCCC2)c2ccccn2)cc1C. The largest absolute Gasteiger partial charge is 0.351 e. The summed E-state index contributed by atoms with van der Waals surface area (Å²) in [4.78, 5) is 35.3. The first-order valence-corrected chi connectivity index (χ1v) is 13.4. The smallest absolute Gasteiger partial charge is 0.251 e. The van der Waals surface area contributed by atoms with Gasteiger partial charge in [-0.25, -0.2) is 0 Å². The number of amides is 2. The Morgan fingerprint density at radius 2 is 1.74 bits per heavy atom. The Bertz CT molecular complexity index is 1420. The number of anilines is 1. The number of tetrazole rings is 1. The molecule has 2 heterocycles. The van der Waals surface area contributed by atoms with E-state index in [9.17, 15) is 9.59 Å². The van der Waals surface area contributed by atoms with Gasteiger partial charge >= 0.3 is 0 Å². The van der Waals surface area contributed by atoms with Crippen LogP contribution in [0.25, 0.3) is 11.4 Å². The standard InChI is InChI=1S/C30H33N7O2/c1-21-16-17-25(19-22(21)2)37(27(38)20-36-34-29(33-35-36)23-11-5-3-6-12-23)28(26-15-9-10-18-31-26)30(39)32-24-13-7-4-8-14-24/h3,5-6,9-12,15-19,24,28H,4,7-8,13-14,20H2,1-2H3,(H,32,39)/t28-/m1/s1. The number of nitrogens with one attached hydrogen (secondary N) is 1. The second-order valence-electron chi connectivity index (χ2n) is 10.0. The van der Waals surface area contributed by atoms with Crippen LogP contribution in [0.2, 0.25) is 0 Å². The lowest BCUT2D eigenvalue weighted by Crippen LogP contribution is -2.48. The highest BCUT2D eigenvalue weighted by molar-refractivity contribution is 6.01. The van der Waals surface area contributed by atoms with Gasteiger partial charge in [-0.15, -0.1) is 10.2 Å². The Morgan fingerprint density at radius 1 is 0.974 bits per heavy atom. The number of rotatable bonds is 8. The van der Waals surface area contributed by atoms with Crippen molar-refractivity contribution in [2.75, 3.05) is 4.90 Å². The Balaban J connectivity index is 1.51. The molecule has 0 saturated heterocycles. The highest BCUT2D eigenvalue weighted by Gasteiger charge is 2.35. The molecule has 2 aromatic carbocycles. The summed E-state index contributed by atoms with van der Waals surface area (Å²) in [6.45, 7) is 3.82. The van der Waals surface area contributed by atoms with E-state index in [2.05, 4.69) is 25.7 Å². The molecule has 4 aromatic rings. The van der Waals surface area contributed by atoms with E-state index >= 15 is 0 Å². The number of pyridine rings is 1. The summed E-state index contributed by atoms with van der Waals surface area (Å²) < 4.78 is 0. The minimum Gasteiger partial charge on any atom is -0.351 e. The van der Waals surface area contributed by atoms with Gasteiger partial charge in [-0.3, -0.25) is 19.5 Å². The Kier molecular flexibility index (Phi) is 8.05. The van der Waals surface area contributed by atoms with Crippen molar-refractivity contribution in [1.82, 2.24) is 30.5 Å². The second-order valence-corrected chi connectivity index (χ2v) is 10.0. The molecular weight excluding hydrogens is 490 g/mol. The minimum absolute atomic E-state index is 0.0829. The molecule has 200 valence electrons. The summed E-state index contributed by atoms with van der Waals surface area (Å²) in [6.07, 6.45) is 6.86. The van der Waals surface area contributed by atoms with Gasteiger partial charge in [-0.2, -0.15) is 4.80 Å². The van der Waals surface area contributed by atoms with Crippen LogP contribution in [0.4, 0.5) is 5.69 Å². The van der Waals surface area contributed by atoms with E-state index in [0.717, 1.165) is 42.4 Å². The van der Waals surface area contributed by atoms with E-state index in [0.29, 0.717) is 17.2 Å². The van der Waals surface area contributed by atoms with Gasteiger partial charge in [0.25, 0.3) is 5.91 Å². The van der Waals surface area contributed by atoms with Crippen LogP contribution >= 0.6 is 0 Å². The first kappa shape index (κ1) is 26.2. The fraction of sp³-hybridized carbons (Fsp3) is 0.333. The van der Waals surface area contributed by atoms with E-state index in [-0.39, 0.29) is 24.4 Å². The van der Waals surface area contributed by atoms with Gasteiger partial charge < -0.3 is 5.32 Å². The van der Waals surface area contributed by atoms with Gasteiger partial charge in [0.15, 0.2) is 6.04 Å². The van der Waals surface area contributed by atoms with Crippen LogP contribution in [0, 0.1) is 13.8 Å².